The summed E-state index contributed by atoms with van der Waals surface area (Å²) in [4.78, 5) is 13.0. The second-order valence-corrected chi connectivity index (χ2v) is 4.34. The first-order valence-electron chi connectivity index (χ1n) is 5.67. The van der Waals surface area contributed by atoms with Gasteiger partial charge in [0.15, 0.2) is 6.10 Å². The van der Waals surface area contributed by atoms with Crippen LogP contribution in [0, 0.1) is 0 Å². The van der Waals surface area contributed by atoms with E-state index in [-0.39, 0.29) is 6.10 Å². The molecule has 2 atom stereocenters. The first kappa shape index (κ1) is 12.5. The zero-order valence-electron chi connectivity index (χ0n) is 9.77. The molecule has 4 heteroatoms. The van der Waals surface area contributed by atoms with Crippen molar-refractivity contribution in [2.75, 3.05) is 13.1 Å². The first-order chi connectivity index (χ1) is 7.04. The summed E-state index contributed by atoms with van der Waals surface area (Å²) in [6.45, 7) is 8.23. The van der Waals surface area contributed by atoms with Crippen molar-refractivity contribution >= 4 is 5.97 Å². The average molecular weight is 215 g/mol. The van der Waals surface area contributed by atoms with Crippen molar-refractivity contribution in [2.45, 2.75) is 51.9 Å². The molecule has 4 nitrogen and oxygen atoms in total. The second-order valence-electron chi connectivity index (χ2n) is 4.34. The SMILES string of the molecule is CCN(CC1CCC(C(=O)O)O1)C(C)C. The Kier molecular flexibility index (Phi) is 4.54. The third kappa shape index (κ3) is 3.47. The molecule has 0 aromatic heterocycles. The molecule has 0 bridgehead atoms. The van der Waals surface area contributed by atoms with Crippen LogP contribution in [0.25, 0.3) is 0 Å². The molecule has 1 saturated heterocycles. The predicted molar refractivity (Wildman–Crippen MR) is 57.9 cm³/mol. The molecule has 1 heterocycles. The normalized spacial score (nSPS) is 26.5. The second kappa shape index (κ2) is 5.47. The Morgan fingerprint density at radius 1 is 1.53 bits per heavy atom. The third-order valence-corrected chi connectivity index (χ3v) is 2.96. The minimum atomic E-state index is -0.829. The average Bonchev–Trinajstić information content (AvgIpc) is 2.61. The van der Waals surface area contributed by atoms with Gasteiger partial charge in [-0.3, -0.25) is 4.90 Å². The van der Waals surface area contributed by atoms with Crippen LogP contribution in [0.15, 0.2) is 0 Å². The van der Waals surface area contributed by atoms with Crippen LogP contribution in [-0.2, 0) is 9.53 Å². The highest BCUT2D eigenvalue weighted by Gasteiger charge is 2.31. The number of ether oxygens (including phenoxy) is 1. The quantitative estimate of drug-likeness (QED) is 0.752. The molecule has 0 radical (unpaired) electrons. The van der Waals surface area contributed by atoms with E-state index < -0.39 is 12.1 Å². The van der Waals surface area contributed by atoms with Crippen molar-refractivity contribution in [3.8, 4) is 0 Å². The Hall–Kier alpha value is -0.610. The fraction of sp³-hybridized carbons (Fsp3) is 0.909. The Balaban J connectivity index is 2.37. The highest BCUT2D eigenvalue weighted by atomic mass is 16.5. The van der Waals surface area contributed by atoms with E-state index in [0.29, 0.717) is 12.5 Å². The van der Waals surface area contributed by atoms with Crippen LogP contribution in [0.5, 0.6) is 0 Å². The van der Waals surface area contributed by atoms with E-state index >= 15 is 0 Å². The molecule has 0 saturated carbocycles. The number of nitrogens with zero attached hydrogens (tertiary/aromatic N) is 1. The smallest absolute Gasteiger partial charge is 0.332 e. The van der Waals surface area contributed by atoms with E-state index in [2.05, 4.69) is 25.7 Å². The number of aliphatic carboxylic acids is 1. The van der Waals surface area contributed by atoms with Gasteiger partial charge in [0, 0.05) is 12.6 Å². The van der Waals surface area contributed by atoms with E-state index in [4.69, 9.17) is 9.84 Å². The van der Waals surface area contributed by atoms with Crippen LogP contribution in [0.4, 0.5) is 0 Å². The Morgan fingerprint density at radius 3 is 2.60 bits per heavy atom. The van der Waals surface area contributed by atoms with Gasteiger partial charge in [-0.05, 0) is 33.2 Å². The molecule has 2 unspecified atom stereocenters. The zero-order chi connectivity index (χ0) is 11.4. The maximum atomic E-state index is 10.7. The lowest BCUT2D eigenvalue weighted by Crippen LogP contribution is -2.37. The van der Waals surface area contributed by atoms with Crippen LogP contribution in [0.2, 0.25) is 0 Å². The van der Waals surface area contributed by atoms with Crippen LogP contribution in [-0.4, -0.2) is 47.3 Å². The summed E-state index contributed by atoms with van der Waals surface area (Å²) in [5.41, 5.74) is 0. The van der Waals surface area contributed by atoms with Gasteiger partial charge in [-0.25, -0.2) is 4.79 Å². The molecule has 1 fully saturated rings. The number of likely N-dealkylation sites (N-methyl/N-ethyl adjacent to an activating group) is 1. The van der Waals surface area contributed by atoms with E-state index in [0.717, 1.165) is 19.5 Å². The van der Waals surface area contributed by atoms with Crippen molar-refractivity contribution in [1.29, 1.82) is 0 Å². The number of hydrogen-bond acceptors (Lipinski definition) is 3. The van der Waals surface area contributed by atoms with Crippen LogP contribution >= 0.6 is 0 Å². The Bertz CT molecular complexity index is 218. The molecular formula is C11H21NO3. The minimum Gasteiger partial charge on any atom is -0.479 e. The zero-order valence-corrected chi connectivity index (χ0v) is 9.77. The van der Waals surface area contributed by atoms with Gasteiger partial charge in [0.25, 0.3) is 0 Å². The lowest BCUT2D eigenvalue weighted by molar-refractivity contribution is -0.149. The molecule has 0 aliphatic carbocycles. The van der Waals surface area contributed by atoms with E-state index in [9.17, 15) is 4.79 Å². The molecule has 88 valence electrons. The number of carboxylic acid groups (broad SMARTS) is 1. The number of rotatable bonds is 5. The summed E-state index contributed by atoms with van der Waals surface area (Å²) < 4.78 is 5.46. The topological polar surface area (TPSA) is 49.8 Å². The number of carboxylic acids is 1. The van der Waals surface area contributed by atoms with Gasteiger partial charge in [0.2, 0.25) is 0 Å². The van der Waals surface area contributed by atoms with Crippen molar-refractivity contribution in [3.05, 3.63) is 0 Å². The van der Waals surface area contributed by atoms with E-state index in [1.165, 1.54) is 0 Å². The van der Waals surface area contributed by atoms with Crippen molar-refractivity contribution in [3.63, 3.8) is 0 Å². The highest BCUT2D eigenvalue weighted by molar-refractivity contribution is 5.72. The van der Waals surface area contributed by atoms with Crippen LogP contribution < -0.4 is 0 Å². The molecular weight excluding hydrogens is 194 g/mol. The maximum Gasteiger partial charge on any atom is 0.332 e. The van der Waals surface area contributed by atoms with Crippen molar-refractivity contribution < 1.29 is 14.6 Å². The molecule has 1 N–H and O–H groups in total. The summed E-state index contributed by atoms with van der Waals surface area (Å²) in [5, 5.41) is 8.79. The van der Waals surface area contributed by atoms with Crippen molar-refractivity contribution in [1.82, 2.24) is 4.90 Å². The van der Waals surface area contributed by atoms with Gasteiger partial charge in [0.05, 0.1) is 6.10 Å². The number of carbonyl (C=O) groups is 1. The molecule has 1 aliphatic rings. The summed E-state index contributed by atoms with van der Waals surface area (Å²) in [7, 11) is 0. The van der Waals surface area contributed by atoms with Crippen LogP contribution in [0.3, 0.4) is 0 Å². The van der Waals surface area contributed by atoms with Gasteiger partial charge in [-0.1, -0.05) is 6.92 Å². The summed E-state index contributed by atoms with van der Waals surface area (Å²) in [5.74, 6) is -0.829. The molecule has 1 rings (SSSR count). The lowest BCUT2D eigenvalue weighted by Gasteiger charge is -2.27. The minimum absolute atomic E-state index is 0.0912. The van der Waals surface area contributed by atoms with Gasteiger partial charge >= 0.3 is 5.97 Å². The first-order valence-corrected chi connectivity index (χ1v) is 5.67. The van der Waals surface area contributed by atoms with Gasteiger partial charge < -0.3 is 9.84 Å². The third-order valence-electron chi connectivity index (χ3n) is 2.96. The Morgan fingerprint density at radius 2 is 2.20 bits per heavy atom. The van der Waals surface area contributed by atoms with Gasteiger partial charge in [-0.15, -0.1) is 0 Å². The Labute approximate surface area is 91.2 Å². The molecule has 1 aliphatic heterocycles. The molecule has 0 spiro atoms. The maximum absolute atomic E-state index is 10.7. The lowest BCUT2D eigenvalue weighted by atomic mass is 10.2. The fourth-order valence-corrected chi connectivity index (χ4v) is 1.99. The number of hydrogen-bond donors (Lipinski definition) is 1. The summed E-state index contributed by atoms with van der Waals surface area (Å²) >= 11 is 0. The van der Waals surface area contributed by atoms with Gasteiger partial charge in [-0.2, -0.15) is 0 Å². The van der Waals surface area contributed by atoms with Crippen LogP contribution in [0.1, 0.15) is 33.6 Å². The fourth-order valence-electron chi connectivity index (χ4n) is 1.99. The molecule has 0 aromatic carbocycles. The predicted octanol–water partition coefficient (Wildman–Crippen LogP) is 1.35. The molecule has 0 aromatic rings. The molecule has 0 amide bonds. The van der Waals surface area contributed by atoms with Gasteiger partial charge in [0.1, 0.15) is 0 Å². The standard InChI is InChI=1S/C11H21NO3/c1-4-12(8(2)3)7-9-5-6-10(15-9)11(13)14/h8-10H,4-7H2,1-3H3,(H,13,14). The highest BCUT2D eigenvalue weighted by Crippen LogP contribution is 2.21. The summed E-state index contributed by atoms with van der Waals surface area (Å²) in [6.07, 6.45) is 1.02. The van der Waals surface area contributed by atoms with Crippen molar-refractivity contribution in [2.24, 2.45) is 0 Å². The van der Waals surface area contributed by atoms with E-state index in [1.807, 2.05) is 0 Å². The summed E-state index contributed by atoms with van der Waals surface area (Å²) in [6, 6.07) is 0.488. The largest absolute Gasteiger partial charge is 0.479 e. The molecule has 15 heavy (non-hydrogen) atoms. The van der Waals surface area contributed by atoms with E-state index in [1.54, 1.807) is 0 Å². The monoisotopic (exact) mass is 215 g/mol.